The Labute approximate surface area is 166 Å². The van der Waals surface area contributed by atoms with Crippen LogP contribution < -0.4 is 5.43 Å². The smallest absolute Gasteiger partial charge is 0.197 e. The van der Waals surface area contributed by atoms with Crippen molar-refractivity contribution in [2.75, 3.05) is 6.54 Å². The summed E-state index contributed by atoms with van der Waals surface area (Å²) in [7, 11) is 0. The Morgan fingerprint density at radius 2 is 2.11 bits per heavy atom. The molecule has 0 fully saturated rings. The number of hydrogen-bond donors (Lipinski definition) is 0. The van der Waals surface area contributed by atoms with Gasteiger partial charge in [-0.1, -0.05) is 37.0 Å². The van der Waals surface area contributed by atoms with Gasteiger partial charge in [-0.2, -0.15) is 0 Å². The van der Waals surface area contributed by atoms with Crippen LogP contribution in [0.5, 0.6) is 0 Å². The topological polar surface area (TPSA) is 59.2 Å². The van der Waals surface area contributed by atoms with Crippen molar-refractivity contribution in [3.63, 3.8) is 0 Å². The molecule has 0 N–H and O–H groups in total. The number of fused-ring (bicyclic) bond motifs is 2. The lowest BCUT2D eigenvalue weighted by Gasteiger charge is -2.28. The third-order valence-electron chi connectivity index (χ3n) is 4.81. The molecule has 3 aromatic rings. The molecule has 7 heteroatoms. The first-order chi connectivity index (χ1) is 12.9. The summed E-state index contributed by atoms with van der Waals surface area (Å²) in [5.74, 6) is 1.19. The van der Waals surface area contributed by atoms with E-state index in [1.807, 2.05) is 6.20 Å². The molecule has 0 unspecified atom stereocenters. The van der Waals surface area contributed by atoms with E-state index in [0.717, 1.165) is 30.0 Å². The first-order valence-electron chi connectivity index (χ1n) is 8.89. The van der Waals surface area contributed by atoms with Crippen molar-refractivity contribution in [3.05, 3.63) is 67.5 Å². The maximum absolute atomic E-state index is 12.8. The van der Waals surface area contributed by atoms with Crippen LogP contribution in [-0.2, 0) is 19.5 Å². The summed E-state index contributed by atoms with van der Waals surface area (Å²) in [6.45, 7) is 6.22. The second-order valence-corrected chi connectivity index (χ2v) is 8.01. The van der Waals surface area contributed by atoms with Gasteiger partial charge >= 0.3 is 0 Å². The van der Waals surface area contributed by atoms with Crippen LogP contribution in [0.2, 0.25) is 10.0 Å². The van der Waals surface area contributed by atoms with Gasteiger partial charge in [-0.3, -0.25) is 9.69 Å². The summed E-state index contributed by atoms with van der Waals surface area (Å²) in [6.07, 6.45) is 4.25. The van der Waals surface area contributed by atoms with E-state index in [9.17, 15) is 4.79 Å². The van der Waals surface area contributed by atoms with Crippen LogP contribution in [0, 0.1) is 0 Å². The molecule has 0 atom stereocenters. The van der Waals surface area contributed by atoms with Gasteiger partial charge in [0.25, 0.3) is 0 Å². The minimum atomic E-state index is -0.0992. The van der Waals surface area contributed by atoms with E-state index in [1.165, 1.54) is 6.26 Å². The number of halogens is 2. The minimum Gasteiger partial charge on any atom is -0.462 e. The number of rotatable bonds is 3. The van der Waals surface area contributed by atoms with Crippen molar-refractivity contribution in [3.8, 4) is 0 Å². The third kappa shape index (κ3) is 3.59. The Balaban J connectivity index is 1.60. The first kappa shape index (κ1) is 18.4. The monoisotopic (exact) mass is 403 g/mol. The average Bonchev–Trinajstić information content (AvgIpc) is 2.64. The van der Waals surface area contributed by atoms with Gasteiger partial charge in [0.05, 0.1) is 16.7 Å². The second kappa shape index (κ2) is 7.23. The summed E-state index contributed by atoms with van der Waals surface area (Å²) < 4.78 is 5.62. The first-order valence-corrected chi connectivity index (χ1v) is 9.64. The summed E-state index contributed by atoms with van der Waals surface area (Å²) in [5.41, 5.74) is 3.08. The molecule has 1 aliphatic heterocycles. The normalized spacial score (nSPS) is 14.7. The van der Waals surface area contributed by atoms with Crippen molar-refractivity contribution in [1.82, 2.24) is 14.9 Å². The molecule has 4 rings (SSSR count). The molecule has 0 saturated carbocycles. The van der Waals surface area contributed by atoms with Crippen LogP contribution in [0.1, 0.15) is 42.4 Å². The van der Waals surface area contributed by atoms with Crippen LogP contribution in [-0.4, -0.2) is 21.4 Å². The molecule has 3 heterocycles. The predicted octanol–water partition coefficient (Wildman–Crippen LogP) is 4.57. The Bertz CT molecular complexity index is 1080. The second-order valence-electron chi connectivity index (χ2n) is 7.17. The van der Waals surface area contributed by atoms with E-state index >= 15 is 0 Å². The number of benzene rings is 1. The summed E-state index contributed by atoms with van der Waals surface area (Å²) in [4.78, 5) is 24.2. The molecule has 1 aliphatic rings. The fraction of sp³-hybridized carbons (Fsp3) is 0.350. The van der Waals surface area contributed by atoms with Gasteiger partial charge in [0.1, 0.15) is 5.82 Å². The summed E-state index contributed by atoms with van der Waals surface area (Å²) in [5, 5.41) is 1.17. The lowest BCUT2D eigenvalue weighted by molar-refractivity contribution is 0.240. The lowest BCUT2D eigenvalue weighted by atomic mass is 10.1. The molecule has 0 amide bonds. The van der Waals surface area contributed by atoms with Crippen LogP contribution in [0.25, 0.3) is 11.0 Å². The van der Waals surface area contributed by atoms with Crippen LogP contribution in [0.3, 0.4) is 0 Å². The molecular weight excluding hydrogens is 385 g/mol. The zero-order valence-electron chi connectivity index (χ0n) is 15.1. The highest BCUT2D eigenvalue weighted by Gasteiger charge is 2.21. The van der Waals surface area contributed by atoms with E-state index in [4.69, 9.17) is 27.6 Å². The van der Waals surface area contributed by atoms with Gasteiger partial charge in [0.2, 0.25) is 0 Å². The highest BCUT2D eigenvalue weighted by Crippen LogP contribution is 2.27. The number of aromatic nitrogens is 2. The van der Waals surface area contributed by atoms with Crippen molar-refractivity contribution in [1.29, 1.82) is 0 Å². The van der Waals surface area contributed by atoms with Crippen LogP contribution in [0.15, 0.2) is 33.8 Å². The van der Waals surface area contributed by atoms with Gasteiger partial charge < -0.3 is 4.42 Å². The van der Waals surface area contributed by atoms with Gasteiger partial charge in [0.15, 0.2) is 11.0 Å². The molecule has 0 radical (unpaired) electrons. The standard InChI is InChI=1S/C20H19Cl2N3O2/c1-11(2)20-23-7-12-8-25(4-3-17(12)24-20)9-13-10-27-19-15(18(13)26)5-14(21)6-16(19)22/h5-7,10-11H,3-4,8-9H2,1-2H3. The molecule has 140 valence electrons. The van der Waals surface area contributed by atoms with E-state index < -0.39 is 0 Å². The molecule has 0 aliphatic carbocycles. The predicted molar refractivity (Wildman–Crippen MR) is 106 cm³/mol. The Kier molecular flexibility index (Phi) is 4.93. The summed E-state index contributed by atoms with van der Waals surface area (Å²) in [6, 6.07) is 3.17. The van der Waals surface area contributed by atoms with E-state index in [2.05, 4.69) is 28.7 Å². The Hall–Kier alpha value is -1.95. The fourth-order valence-electron chi connectivity index (χ4n) is 3.36. The van der Waals surface area contributed by atoms with E-state index in [0.29, 0.717) is 45.6 Å². The van der Waals surface area contributed by atoms with Gasteiger partial charge in [-0.15, -0.1) is 0 Å². The zero-order chi connectivity index (χ0) is 19.1. The third-order valence-corrected chi connectivity index (χ3v) is 5.30. The van der Waals surface area contributed by atoms with E-state index in [-0.39, 0.29) is 5.43 Å². The number of hydrogen-bond acceptors (Lipinski definition) is 5. The van der Waals surface area contributed by atoms with E-state index in [1.54, 1.807) is 12.1 Å². The van der Waals surface area contributed by atoms with Crippen LogP contribution >= 0.6 is 23.2 Å². The molecule has 0 saturated heterocycles. The van der Waals surface area contributed by atoms with Gasteiger partial charge in [0, 0.05) is 60.0 Å². The van der Waals surface area contributed by atoms with Crippen molar-refractivity contribution in [2.45, 2.75) is 39.3 Å². The molecule has 27 heavy (non-hydrogen) atoms. The minimum absolute atomic E-state index is 0.0992. The highest BCUT2D eigenvalue weighted by molar-refractivity contribution is 6.38. The molecule has 2 aromatic heterocycles. The SMILES string of the molecule is CC(C)c1ncc2c(n1)CCN(Cc1coc3c(Cl)cc(Cl)cc3c1=O)C2. The molecule has 5 nitrogen and oxygen atoms in total. The fourth-order valence-corrected chi connectivity index (χ4v) is 3.90. The summed E-state index contributed by atoms with van der Waals surface area (Å²) >= 11 is 12.2. The highest BCUT2D eigenvalue weighted by atomic mass is 35.5. The van der Waals surface area contributed by atoms with Gasteiger partial charge in [-0.25, -0.2) is 9.97 Å². The van der Waals surface area contributed by atoms with Crippen molar-refractivity contribution in [2.24, 2.45) is 0 Å². The lowest BCUT2D eigenvalue weighted by Crippen LogP contribution is -2.32. The Morgan fingerprint density at radius 3 is 2.89 bits per heavy atom. The maximum Gasteiger partial charge on any atom is 0.197 e. The molecule has 0 bridgehead atoms. The quantitative estimate of drug-likeness (QED) is 0.640. The largest absolute Gasteiger partial charge is 0.462 e. The van der Waals surface area contributed by atoms with Gasteiger partial charge in [-0.05, 0) is 12.1 Å². The van der Waals surface area contributed by atoms with Crippen LogP contribution in [0.4, 0.5) is 0 Å². The number of nitrogens with zero attached hydrogens (tertiary/aromatic N) is 3. The average molecular weight is 404 g/mol. The molecule has 1 aromatic carbocycles. The maximum atomic E-state index is 12.8. The van der Waals surface area contributed by atoms with Crippen molar-refractivity contribution < 1.29 is 4.42 Å². The molecular formula is C20H19Cl2N3O2. The Morgan fingerprint density at radius 1 is 1.30 bits per heavy atom. The zero-order valence-corrected chi connectivity index (χ0v) is 16.6. The molecule has 0 spiro atoms. The van der Waals surface area contributed by atoms with Crippen molar-refractivity contribution >= 4 is 34.2 Å².